The molecule has 7 heteroatoms. The van der Waals surface area contributed by atoms with Gasteiger partial charge in [0.1, 0.15) is 0 Å². The molecule has 0 radical (unpaired) electrons. The van der Waals surface area contributed by atoms with Crippen LogP contribution in [-0.4, -0.2) is 17.0 Å². The van der Waals surface area contributed by atoms with Crippen LogP contribution in [0.2, 0.25) is 5.02 Å². The molecule has 4 nitrogen and oxygen atoms in total. The van der Waals surface area contributed by atoms with Gasteiger partial charge in [-0.25, -0.2) is 4.79 Å². The zero-order valence-corrected chi connectivity index (χ0v) is 13.4. The summed E-state index contributed by atoms with van der Waals surface area (Å²) >= 11 is 10.4. The third-order valence-corrected chi connectivity index (χ3v) is 5.00. The molecule has 0 aliphatic rings. The highest BCUT2D eigenvalue weighted by atomic mass is 79.9. The van der Waals surface area contributed by atoms with E-state index in [1.54, 1.807) is 12.1 Å². The minimum absolute atomic E-state index is 0.0481. The van der Waals surface area contributed by atoms with E-state index in [0.717, 1.165) is 9.35 Å². The standard InChI is InChI=1S/C13H9BrClNO3S/c1-6-4-10(20-11(6)14)12(17)16-7-2-3-9(15)8(5-7)13(18)19/h2-5H,1H3,(H,16,17)(H,18,19). The Hall–Kier alpha value is -1.37. The monoisotopic (exact) mass is 373 g/mol. The fourth-order valence-electron chi connectivity index (χ4n) is 1.53. The van der Waals surface area contributed by atoms with Gasteiger partial charge >= 0.3 is 5.97 Å². The van der Waals surface area contributed by atoms with Crippen LogP contribution in [-0.2, 0) is 0 Å². The Morgan fingerprint density at radius 1 is 1.35 bits per heavy atom. The van der Waals surface area contributed by atoms with Crippen molar-refractivity contribution in [3.63, 3.8) is 0 Å². The molecule has 0 fully saturated rings. The van der Waals surface area contributed by atoms with Gasteiger partial charge in [0.15, 0.2) is 0 Å². The lowest BCUT2D eigenvalue weighted by Gasteiger charge is -2.06. The maximum atomic E-state index is 12.0. The van der Waals surface area contributed by atoms with Crippen LogP contribution in [0.1, 0.15) is 25.6 Å². The first kappa shape index (κ1) is 15.0. The number of carbonyl (C=O) groups excluding carboxylic acids is 1. The minimum Gasteiger partial charge on any atom is -0.478 e. The predicted molar refractivity (Wildman–Crippen MR) is 83.1 cm³/mol. The van der Waals surface area contributed by atoms with Crippen molar-refractivity contribution in [2.45, 2.75) is 6.92 Å². The number of carboxylic acid groups (broad SMARTS) is 1. The Balaban J connectivity index is 2.24. The smallest absolute Gasteiger partial charge is 0.337 e. The SMILES string of the molecule is Cc1cc(C(=O)Nc2ccc(Cl)c(C(=O)O)c2)sc1Br. The second kappa shape index (κ2) is 5.95. The number of nitrogens with one attached hydrogen (secondary N) is 1. The number of hydrogen-bond donors (Lipinski definition) is 2. The van der Waals surface area contributed by atoms with Gasteiger partial charge in [0.05, 0.1) is 19.2 Å². The van der Waals surface area contributed by atoms with Crippen molar-refractivity contribution in [2.75, 3.05) is 5.32 Å². The Bertz CT molecular complexity index is 679. The summed E-state index contributed by atoms with van der Waals surface area (Å²) in [5.41, 5.74) is 1.31. The van der Waals surface area contributed by atoms with Gasteiger partial charge in [0.25, 0.3) is 5.91 Å². The summed E-state index contributed by atoms with van der Waals surface area (Å²) < 4.78 is 0.894. The van der Waals surface area contributed by atoms with Gasteiger partial charge in [-0.15, -0.1) is 11.3 Å². The van der Waals surface area contributed by atoms with Crippen LogP contribution in [0.25, 0.3) is 0 Å². The molecule has 0 aliphatic carbocycles. The molecular weight excluding hydrogens is 366 g/mol. The molecule has 0 atom stereocenters. The third-order valence-electron chi connectivity index (χ3n) is 2.54. The molecule has 2 N–H and O–H groups in total. The molecule has 0 bridgehead atoms. The first-order valence-electron chi connectivity index (χ1n) is 5.48. The van der Waals surface area contributed by atoms with E-state index in [1.165, 1.54) is 23.5 Å². The van der Waals surface area contributed by atoms with Gasteiger partial charge in [-0.2, -0.15) is 0 Å². The fraction of sp³-hybridized carbons (Fsp3) is 0.0769. The first-order chi connectivity index (χ1) is 9.38. The van der Waals surface area contributed by atoms with Gasteiger partial charge in [-0.1, -0.05) is 11.6 Å². The zero-order chi connectivity index (χ0) is 14.9. The van der Waals surface area contributed by atoms with Crippen molar-refractivity contribution in [3.8, 4) is 0 Å². The van der Waals surface area contributed by atoms with Gasteiger partial charge < -0.3 is 10.4 Å². The normalized spacial score (nSPS) is 10.3. The van der Waals surface area contributed by atoms with Gasteiger partial charge in [-0.3, -0.25) is 4.79 Å². The lowest BCUT2D eigenvalue weighted by atomic mass is 10.2. The van der Waals surface area contributed by atoms with Crippen LogP contribution >= 0.6 is 38.9 Å². The summed E-state index contributed by atoms with van der Waals surface area (Å²) in [6.45, 7) is 1.89. The van der Waals surface area contributed by atoms with Crippen LogP contribution in [0.3, 0.4) is 0 Å². The average molecular weight is 375 g/mol. The Labute approximate surface area is 132 Å². The lowest BCUT2D eigenvalue weighted by Crippen LogP contribution is -2.11. The Morgan fingerprint density at radius 3 is 2.60 bits per heavy atom. The number of carboxylic acids is 1. The molecule has 1 aromatic heterocycles. The van der Waals surface area contributed by atoms with E-state index < -0.39 is 5.97 Å². The summed E-state index contributed by atoms with van der Waals surface area (Å²) in [6, 6.07) is 6.09. The van der Waals surface area contributed by atoms with Crippen LogP contribution in [0.5, 0.6) is 0 Å². The number of halogens is 2. The quantitative estimate of drug-likeness (QED) is 0.835. The summed E-state index contributed by atoms with van der Waals surface area (Å²) in [5, 5.41) is 11.8. The minimum atomic E-state index is -1.14. The van der Waals surface area contributed by atoms with E-state index in [9.17, 15) is 9.59 Å². The molecule has 1 amide bonds. The lowest BCUT2D eigenvalue weighted by molar-refractivity contribution is 0.0696. The fourth-order valence-corrected chi connectivity index (χ4v) is 3.16. The summed E-state index contributed by atoms with van der Waals surface area (Å²) in [6.07, 6.45) is 0. The van der Waals surface area contributed by atoms with Crippen molar-refractivity contribution in [1.82, 2.24) is 0 Å². The maximum absolute atomic E-state index is 12.0. The van der Waals surface area contributed by atoms with Crippen molar-refractivity contribution in [1.29, 1.82) is 0 Å². The van der Waals surface area contributed by atoms with Crippen LogP contribution in [0, 0.1) is 6.92 Å². The molecule has 2 aromatic rings. The second-order valence-electron chi connectivity index (χ2n) is 4.02. The summed E-state index contributed by atoms with van der Waals surface area (Å²) in [5.74, 6) is -1.43. The molecule has 1 heterocycles. The number of aryl methyl sites for hydroxylation is 1. The van der Waals surface area contributed by atoms with Gasteiger partial charge in [0, 0.05) is 5.69 Å². The van der Waals surface area contributed by atoms with Crippen LogP contribution < -0.4 is 5.32 Å². The Kier molecular flexibility index (Phi) is 4.47. The maximum Gasteiger partial charge on any atom is 0.337 e. The zero-order valence-electron chi connectivity index (χ0n) is 10.2. The molecule has 0 saturated heterocycles. The van der Waals surface area contributed by atoms with E-state index in [2.05, 4.69) is 21.2 Å². The number of aromatic carboxylic acids is 1. The van der Waals surface area contributed by atoms with Crippen LogP contribution in [0.4, 0.5) is 5.69 Å². The number of anilines is 1. The topological polar surface area (TPSA) is 66.4 Å². The van der Waals surface area contributed by atoms with E-state index >= 15 is 0 Å². The highest BCUT2D eigenvalue weighted by Crippen LogP contribution is 2.28. The molecule has 0 saturated carbocycles. The number of carbonyl (C=O) groups is 2. The van der Waals surface area contributed by atoms with Crippen molar-refractivity contribution in [3.05, 3.63) is 49.1 Å². The van der Waals surface area contributed by atoms with E-state index in [-0.39, 0.29) is 16.5 Å². The highest BCUT2D eigenvalue weighted by molar-refractivity contribution is 9.11. The first-order valence-corrected chi connectivity index (χ1v) is 7.47. The van der Waals surface area contributed by atoms with Gasteiger partial charge in [-0.05, 0) is 52.7 Å². The molecule has 0 unspecified atom stereocenters. The van der Waals surface area contributed by atoms with Crippen molar-refractivity contribution < 1.29 is 14.7 Å². The number of amides is 1. The largest absolute Gasteiger partial charge is 0.478 e. The molecular formula is C13H9BrClNO3S. The van der Waals surface area contributed by atoms with Crippen LogP contribution in [0.15, 0.2) is 28.1 Å². The predicted octanol–water partition coefficient (Wildman–Crippen LogP) is 4.42. The second-order valence-corrected chi connectivity index (χ2v) is 6.80. The molecule has 1 aromatic carbocycles. The number of benzene rings is 1. The van der Waals surface area contributed by atoms with Gasteiger partial charge in [0.2, 0.25) is 0 Å². The molecule has 0 aliphatic heterocycles. The summed E-state index contributed by atoms with van der Waals surface area (Å²) in [7, 11) is 0. The number of rotatable bonds is 3. The Morgan fingerprint density at radius 2 is 2.05 bits per heavy atom. The van der Waals surface area contributed by atoms with Crippen molar-refractivity contribution in [2.24, 2.45) is 0 Å². The number of thiophene rings is 1. The molecule has 104 valence electrons. The number of hydrogen-bond acceptors (Lipinski definition) is 3. The molecule has 20 heavy (non-hydrogen) atoms. The average Bonchev–Trinajstić information content (AvgIpc) is 2.72. The highest BCUT2D eigenvalue weighted by Gasteiger charge is 2.14. The van der Waals surface area contributed by atoms with E-state index in [1.807, 2.05) is 6.92 Å². The molecule has 0 spiro atoms. The van der Waals surface area contributed by atoms with Crippen molar-refractivity contribution >= 4 is 56.4 Å². The van der Waals surface area contributed by atoms with E-state index in [4.69, 9.17) is 16.7 Å². The summed E-state index contributed by atoms with van der Waals surface area (Å²) in [4.78, 5) is 23.6. The molecule has 2 rings (SSSR count). The van der Waals surface area contributed by atoms with E-state index in [0.29, 0.717) is 10.6 Å². The third kappa shape index (κ3) is 3.20.